The van der Waals surface area contributed by atoms with Crippen LogP contribution in [-0.4, -0.2) is 21.1 Å². The van der Waals surface area contributed by atoms with E-state index in [0.29, 0.717) is 31.7 Å². The quantitative estimate of drug-likeness (QED) is 0.254. The smallest absolute Gasteiger partial charge is 0.262 e. The van der Waals surface area contributed by atoms with E-state index in [2.05, 4.69) is 11.6 Å². The molecule has 1 heterocycles. The molecule has 7 heteroatoms. The first kappa shape index (κ1) is 18.7. The van der Waals surface area contributed by atoms with E-state index in [4.69, 9.17) is 23.2 Å². The lowest BCUT2D eigenvalue weighted by Crippen LogP contribution is -2.23. The lowest BCUT2D eigenvalue weighted by Gasteiger charge is -2.11. The molecule has 4 nitrogen and oxygen atoms in total. The van der Waals surface area contributed by atoms with E-state index < -0.39 is 0 Å². The lowest BCUT2D eigenvalue weighted by atomic mass is 10.1. The van der Waals surface area contributed by atoms with Crippen molar-refractivity contribution < 1.29 is 4.79 Å². The summed E-state index contributed by atoms with van der Waals surface area (Å²) in [6, 6.07) is 11.8. The molecule has 0 aliphatic rings. The zero-order chi connectivity index (χ0) is 18.7. The molecule has 0 bridgehead atoms. The van der Waals surface area contributed by atoms with Crippen LogP contribution in [0.1, 0.15) is 10.4 Å². The van der Waals surface area contributed by atoms with Gasteiger partial charge in [-0.1, -0.05) is 53.2 Å². The van der Waals surface area contributed by atoms with Crippen molar-refractivity contribution in [1.82, 2.24) is 9.55 Å². The van der Waals surface area contributed by atoms with E-state index in [0.717, 1.165) is 0 Å². The summed E-state index contributed by atoms with van der Waals surface area (Å²) < 4.78 is 1.48. The summed E-state index contributed by atoms with van der Waals surface area (Å²) in [4.78, 5) is 29.7. The number of ketones is 1. The highest BCUT2D eigenvalue weighted by molar-refractivity contribution is 7.99. The number of nitrogens with zero attached hydrogens (tertiary/aromatic N) is 2. The number of carbonyl (C=O) groups is 1. The topological polar surface area (TPSA) is 52.0 Å². The highest BCUT2D eigenvalue weighted by Crippen LogP contribution is 2.23. The Morgan fingerprint density at radius 2 is 2.00 bits per heavy atom. The molecule has 2 aromatic carbocycles. The van der Waals surface area contributed by atoms with Crippen molar-refractivity contribution in [2.45, 2.75) is 11.7 Å². The highest BCUT2D eigenvalue weighted by atomic mass is 35.5. The minimum absolute atomic E-state index is 0.117. The molecule has 0 saturated carbocycles. The van der Waals surface area contributed by atoms with Crippen molar-refractivity contribution in [1.29, 1.82) is 0 Å². The van der Waals surface area contributed by atoms with Crippen LogP contribution in [0.25, 0.3) is 10.9 Å². The summed E-state index contributed by atoms with van der Waals surface area (Å²) in [6.45, 7) is 3.97. The van der Waals surface area contributed by atoms with Crippen molar-refractivity contribution in [2.24, 2.45) is 0 Å². The molecule has 0 aliphatic carbocycles. The van der Waals surface area contributed by atoms with E-state index in [1.54, 1.807) is 48.5 Å². The predicted molar refractivity (Wildman–Crippen MR) is 108 cm³/mol. The molecule has 0 saturated heterocycles. The van der Waals surface area contributed by atoms with Gasteiger partial charge in [0.25, 0.3) is 5.56 Å². The number of thioether (sulfide) groups is 1. The van der Waals surface area contributed by atoms with E-state index in [9.17, 15) is 9.59 Å². The van der Waals surface area contributed by atoms with Crippen molar-refractivity contribution in [3.05, 3.63) is 81.1 Å². The van der Waals surface area contributed by atoms with Crippen LogP contribution in [0.2, 0.25) is 10.0 Å². The Labute approximate surface area is 164 Å². The standard InChI is InChI=1S/C19H14Cl2N2O2S/c1-2-9-23-18(25)14-10-12(20)7-8-16(14)22-19(23)26-11-17(24)13-5-3-4-6-15(13)21/h2-8,10H,1,9,11H2. The predicted octanol–water partition coefficient (Wildman–Crippen LogP) is 4.86. The van der Waals surface area contributed by atoms with Gasteiger partial charge in [0.2, 0.25) is 0 Å². The molecule has 3 aromatic rings. The third-order valence-corrected chi connectivity index (χ3v) is 5.24. The summed E-state index contributed by atoms with van der Waals surface area (Å²) in [6.07, 6.45) is 1.61. The lowest BCUT2D eigenvalue weighted by molar-refractivity contribution is 0.102. The van der Waals surface area contributed by atoms with Gasteiger partial charge in [-0.05, 0) is 30.3 Å². The fraction of sp³-hybridized carbons (Fsp3) is 0.105. The van der Waals surface area contributed by atoms with Gasteiger partial charge in [-0.2, -0.15) is 0 Å². The number of hydrogen-bond acceptors (Lipinski definition) is 4. The third-order valence-electron chi connectivity index (χ3n) is 3.70. The first-order chi connectivity index (χ1) is 12.5. The summed E-state index contributed by atoms with van der Waals surface area (Å²) in [7, 11) is 0. The second-order valence-corrected chi connectivity index (χ2v) is 7.24. The average molecular weight is 405 g/mol. The van der Waals surface area contributed by atoms with Gasteiger partial charge in [-0.15, -0.1) is 6.58 Å². The van der Waals surface area contributed by atoms with E-state index >= 15 is 0 Å². The monoisotopic (exact) mass is 404 g/mol. The molecule has 0 amide bonds. The van der Waals surface area contributed by atoms with Crippen molar-refractivity contribution >= 4 is 51.6 Å². The number of allylic oxidation sites excluding steroid dienone is 1. The minimum Gasteiger partial charge on any atom is -0.293 e. The van der Waals surface area contributed by atoms with Crippen LogP contribution in [-0.2, 0) is 6.54 Å². The number of carbonyl (C=O) groups excluding carboxylic acids is 1. The number of fused-ring (bicyclic) bond motifs is 1. The molecular weight excluding hydrogens is 391 g/mol. The maximum absolute atomic E-state index is 12.8. The zero-order valence-corrected chi connectivity index (χ0v) is 15.9. The molecule has 0 fully saturated rings. The Balaban J connectivity index is 1.96. The largest absolute Gasteiger partial charge is 0.293 e. The number of rotatable bonds is 6. The van der Waals surface area contributed by atoms with Gasteiger partial charge < -0.3 is 0 Å². The second-order valence-electron chi connectivity index (χ2n) is 5.45. The Hall–Kier alpha value is -2.08. The number of aromatic nitrogens is 2. The minimum atomic E-state index is -0.218. The van der Waals surface area contributed by atoms with E-state index in [1.807, 2.05) is 0 Å². The average Bonchev–Trinajstić information content (AvgIpc) is 2.63. The molecule has 0 spiro atoms. The van der Waals surface area contributed by atoms with Crippen LogP contribution < -0.4 is 5.56 Å². The van der Waals surface area contributed by atoms with Gasteiger partial charge in [0.15, 0.2) is 10.9 Å². The van der Waals surface area contributed by atoms with Gasteiger partial charge >= 0.3 is 0 Å². The van der Waals surface area contributed by atoms with Crippen molar-refractivity contribution in [2.75, 3.05) is 5.75 Å². The zero-order valence-electron chi connectivity index (χ0n) is 13.6. The van der Waals surface area contributed by atoms with Gasteiger partial charge in [0.1, 0.15) is 0 Å². The van der Waals surface area contributed by atoms with Crippen LogP contribution in [0.5, 0.6) is 0 Å². The normalized spacial score (nSPS) is 10.8. The van der Waals surface area contributed by atoms with Gasteiger partial charge in [-0.25, -0.2) is 4.98 Å². The summed E-state index contributed by atoms with van der Waals surface area (Å²) in [5.41, 5.74) is 0.768. The number of halogens is 2. The second kappa shape index (κ2) is 8.08. The molecule has 0 atom stereocenters. The van der Waals surface area contributed by atoms with Crippen LogP contribution in [0.15, 0.2) is 65.1 Å². The Kier molecular flexibility index (Phi) is 5.81. The summed E-state index contributed by atoms with van der Waals surface area (Å²) in [5, 5.41) is 1.75. The molecule has 0 radical (unpaired) electrons. The highest BCUT2D eigenvalue weighted by Gasteiger charge is 2.15. The van der Waals surface area contributed by atoms with Crippen molar-refractivity contribution in [3.63, 3.8) is 0 Å². The maximum atomic E-state index is 12.8. The van der Waals surface area contributed by atoms with E-state index in [-0.39, 0.29) is 23.6 Å². The van der Waals surface area contributed by atoms with Crippen LogP contribution in [0, 0.1) is 0 Å². The third kappa shape index (κ3) is 3.85. The number of Topliss-reactive ketones (excluding diaryl/α,β-unsaturated/α-hetero) is 1. The van der Waals surface area contributed by atoms with Crippen LogP contribution in [0.3, 0.4) is 0 Å². The van der Waals surface area contributed by atoms with Crippen LogP contribution in [0.4, 0.5) is 0 Å². The number of hydrogen-bond donors (Lipinski definition) is 0. The fourth-order valence-electron chi connectivity index (χ4n) is 2.47. The molecule has 132 valence electrons. The Bertz CT molecular complexity index is 1060. The van der Waals surface area contributed by atoms with Gasteiger partial charge in [-0.3, -0.25) is 14.2 Å². The maximum Gasteiger partial charge on any atom is 0.262 e. The summed E-state index contributed by atoms with van der Waals surface area (Å²) in [5.74, 6) is -0.0110. The fourth-order valence-corrected chi connectivity index (χ4v) is 3.77. The molecule has 0 unspecified atom stereocenters. The van der Waals surface area contributed by atoms with Gasteiger partial charge in [0.05, 0.1) is 21.7 Å². The number of benzene rings is 2. The molecule has 0 aliphatic heterocycles. The molecule has 26 heavy (non-hydrogen) atoms. The molecule has 3 rings (SSSR count). The first-order valence-corrected chi connectivity index (χ1v) is 9.47. The first-order valence-electron chi connectivity index (χ1n) is 7.73. The molecular formula is C19H14Cl2N2O2S. The van der Waals surface area contributed by atoms with Crippen molar-refractivity contribution in [3.8, 4) is 0 Å². The summed E-state index contributed by atoms with van der Waals surface area (Å²) >= 11 is 13.3. The molecule has 1 aromatic heterocycles. The Morgan fingerprint density at radius 1 is 1.23 bits per heavy atom. The van der Waals surface area contributed by atoms with Gasteiger partial charge in [0, 0.05) is 17.1 Å². The molecule has 0 N–H and O–H groups in total. The Morgan fingerprint density at radius 3 is 2.73 bits per heavy atom. The van der Waals surface area contributed by atoms with Crippen LogP contribution >= 0.6 is 35.0 Å². The SMILES string of the molecule is C=CCn1c(SCC(=O)c2ccccc2Cl)nc2ccc(Cl)cc2c1=O. The van der Waals surface area contributed by atoms with E-state index in [1.165, 1.54) is 16.3 Å².